The molecule has 74 valence electrons. The number of unbranched alkanes of at least 4 members (excludes halogenated alkanes) is 3. The highest BCUT2D eigenvalue weighted by Gasteiger charge is 1.91. The van der Waals surface area contributed by atoms with Crippen LogP contribution in [0.1, 0.15) is 46.0 Å². The average Bonchev–Trinajstić information content (AvgIpc) is 2.10. The van der Waals surface area contributed by atoms with E-state index in [0.717, 1.165) is 0 Å². The maximum atomic E-state index is 2.26. The van der Waals surface area contributed by atoms with Crippen molar-refractivity contribution in [1.29, 1.82) is 0 Å². The van der Waals surface area contributed by atoms with E-state index in [9.17, 15) is 0 Å². The molecule has 3 heteroatoms. The fraction of sp³-hybridized carbons (Fsp3) is 1.00. The van der Waals surface area contributed by atoms with Gasteiger partial charge in [0.1, 0.15) is 0 Å². The first-order valence-electron chi connectivity index (χ1n) is 4.82. The Bertz CT molecular complexity index is 66.2. The Morgan fingerprint density at radius 2 is 1.33 bits per heavy atom. The minimum Gasteiger partial charge on any atom is -0.0826 e. The molecule has 0 aromatic rings. The molecule has 0 amide bonds. The molecular formula is C9H20S3. The van der Waals surface area contributed by atoms with Crippen molar-refractivity contribution in [2.45, 2.75) is 46.0 Å². The number of hydrogen-bond acceptors (Lipinski definition) is 3. The molecule has 0 N–H and O–H groups in total. The lowest BCUT2D eigenvalue weighted by molar-refractivity contribution is 0.780. The second-order valence-electron chi connectivity index (χ2n) is 2.77. The van der Waals surface area contributed by atoms with Crippen LogP contribution in [0.3, 0.4) is 0 Å². The van der Waals surface area contributed by atoms with E-state index in [1.165, 1.54) is 43.6 Å². The van der Waals surface area contributed by atoms with Gasteiger partial charge in [0.25, 0.3) is 0 Å². The predicted molar refractivity (Wildman–Crippen MR) is 66.9 cm³/mol. The molecule has 0 unspecified atom stereocenters. The van der Waals surface area contributed by atoms with E-state index >= 15 is 0 Å². The van der Waals surface area contributed by atoms with E-state index in [1.807, 2.05) is 31.4 Å². The van der Waals surface area contributed by atoms with Crippen molar-refractivity contribution >= 4 is 31.4 Å². The Morgan fingerprint density at radius 3 is 1.92 bits per heavy atom. The second-order valence-corrected chi connectivity index (χ2v) is 7.24. The first-order chi connectivity index (χ1) is 5.91. The molecule has 0 aromatic carbocycles. The summed E-state index contributed by atoms with van der Waals surface area (Å²) in [6, 6.07) is 0. The molecule has 0 aliphatic carbocycles. The molecular weight excluding hydrogens is 204 g/mol. The zero-order valence-corrected chi connectivity index (χ0v) is 10.6. The van der Waals surface area contributed by atoms with Crippen molar-refractivity contribution in [2.24, 2.45) is 0 Å². The third-order valence-electron chi connectivity index (χ3n) is 1.51. The van der Waals surface area contributed by atoms with Gasteiger partial charge in [0.2, 0.25) is 0 Å². The van der Waals surface area contributed by atoms with Crippen LogP contribution in [0.15, 0.2) is 0 Å². The van der Waals surface area contributed by atoms with Crippen LogP contribution < -0.4 is 0 Å². The van der Waals surface area contributed by atoms with Gasteiger partial charge in [-0.3, -0.25) is 0 Å². The van der Waals surface area contributed by atoms with Crippen LogP contribution in [0.4, 0.5) is 0 Å². The quantitative estimate of drug-likeness (QED) is 0.399. The molecule has 12 heavy (non-hydrogen) atoms. The second kappa shape index (κ2) is 12.0. The number of rotatable bonds is 9. The summed E-state index contributed by atoms with van der Waals surface area (Å²) in [5.41, 5.74) is 0. The lowest BCUT2D eigenvalue weighted by Crippen LogP contribution is -1.75. The topological polar surface area (TPSA) is 0 Å². The maximum absolute atomic E-state index is 2.26. The van der Waals surface area contributed by atoms with Crippen molar-refractivity contribution in [3.05, 3.63) is 0 Å². The fourth-order valence-corrected chi connectivity index (χ4v) is 4.81. The zero-order chi connectivity index (χ0) is 9.07. The third-order valence-corrected chi connectivity index (χ3v) is 5.92. The van der Waals surface area contributed by atoms with E-state index in [-0.39, 0.29) is 0 Å². The van der Waals surface area contributed by atoms with Crippen molar-refractivity contribution in [1.82, 2.24) is 0 Å². The molecule has 0 aromatic heterocycles. The van der Waals surface area contributed by atoms with Crippen LogP contribution in [0.5, 0.6) is 0 Å². The normalized spacial score (nSPS) is 10.5. The maximum Gasteiger partial charge on any atom is 0.00451 e. The first kappa shape index (κ1) is 13.1. The largest absolute Gasteiger partial charge is 0.0826 e. The highest BCUT2D eigenvalue weighted by molar-refractivity contribution is 9.09. The van der Waals surface area contributed by atoms with Crippen LogP contribution >= 0.6 is 31.4 Å². The highest BCUT2D eigenvalue weighted by Crippen LogP contribution is 2.35. The lowest BCUT2D eigenvalue weighted by Gasteiger charge is -1.98. The summed E-state index contributed by atoms with van der Waals surface area (Å²) >= 11 is 0. The van der Waals surface area contributed by atoms with Crippen molar-refractivity contribution in [3.8, 4) is 0 Å². The SMILES string of the molecule is CCCCCSSSCCCC. The Balaban J connectivity index is 2.73. The van der Waals surface area contributed by atoms with E-state index in [2.05, 4.69) is 13.8 Å². The minimum atomic E-state index is 1.32. The van der Waals surface area contributed by atoms with Gasteiger partial charge >= 0.3 is 0 Å². The molecule has 0 saturated heterocycles. The Kier molecular flexibility index (Phi) is 13.1. The van der Waals surface area contributed by atoms with Crippen molar-refractivity contribution < 1.29 is 0 Å². The highest BCUT2D eigenvalue weighted by atomic mass is 33.5. The third kappa shape index (κ3) is 11.1. The minimum absolute atomic E-state index is 1.32. The van der Waals surface area contributed by atoms with Crippen LogP contribution in [0, 0.1) is 0 Å². The summed E-state index contributed by atoms with van der Waals surface area (Å²) in [6.45, 7) is 4.51. The first-order valence-corrected chi connectivity index (χ1v) is 8.65. The van der Waals surface area contributed by atoms with Crippen LogP contribution in [0.25, 0.3) is 0 Å². The van der Waals surface area contributed by atoms with Crippen molar-refractivity contribution in [3.63, 3.8) is 0 Å². The van der Waals surface area contributed by atoms with Gasteiger partial charge in [-0.1, -0.05) is 54.7 Å². The molecule has 0 bridgehead atoms. The van der Waals surface area contributed by atoms with Crippen LogP contribution in [-0.4, -0.2) is 11.5 Å². The fourth-order valence-electron chi connectivity index (χ4n) is 0.716. The molecule has 0 atom stereocenters. The zero-order valence-electron chi connectivity index (χ0n) is 8.17. The van der Waals surface area contributed by atoms with Gasteiger partial charge in [-0.25, -0.2) is 0 Å². The molecule has 0 radical (unpaired) electrons. The Hall–Kier alpha value is 1.05. The molecule has 0 aliphatic rings. The summed E-state index contributed by atoms with van der Waals surface area (Å²) in [5, 5.41) is 0. The molecule has 0 aliphatic heterocycles. The molecule has 0 fully saturated rings. The van der Waals surface area contributed by atoms with E-state index in [0.29, 0.717) is 0 Å². The van der Waals surface area contributed by atoms with E-state index in [1.54, 1.807) is 0 Å². The van der Waals surface area contributed by atoms with E-state index < -0.39 is 0 Å². The summed E-state index contributed by atoms with van der Waals surface area (Å²) in [7, 11) is 6.02. The average molecular weight is 224 g/mol. The van der Waals surface area contributed by atoms with Crippen LogP contribution in [0.2, 0.25) is 0 Å². The molecule has 0 nitrogen and oxygen atoms in total. The van der Waals surface area contributed by atoms with Crippen LogP contribution in [-0.2, 0) is 0 Å². The molecule has 0 rings (SSSR count). The predicted octanol–water partition coefficient (Wildman–Crippen LogP) is 5.01. The molecule has 0 saturated carbocycles. The molecule has 0 heterocycles. The smallest absolute Gasteiger partial charge is 0.00451 e. The summed E-state index contributed by atoms with van der Waals surface area (Å²) in [4.78, 5) is 0. The molecule has 0 spiro atoms. The van der Waals surface area contributed by atoms with Gasteiger partial charge in [0.05, 0.1) is 0 Å². The number of hydrogen-bond donors (Lipinski definition) is 0. The van der Waals surface area contributed by atoms with Gasteiger partial charge in [0, 0.05) is 11.5 Å². The van der Waals surface area contributed by atoms with Gasteiger partial charge in [0.15, 0.2) is 0 Å². The van der Waals surface area contributed by atoms with Gasteiger partial charge in [-0.2, -0.15) is 0 Å². The van der Waals surface area contributed by atoms with Gasteiger partial charge < -0.3 is 0 Å². The van der Waals surface area contributed by atoms with Crippen molar-refractivity contribution in [2.75, 3.05) is 11.5 Å². The summed E-state index contributed by atoms with van der Waals surface area (Å²) in [5.74, 6) is 2.65. The lowest BCUT2D eigenvalue weighted by atomic mass is 10.3. The Labute approximate surface area is 88.8 Å². The monoisotopic (exact) mass is 224 g/mol. The van der Waals surface area contributed by atoms with Gasteiger partial charge in [-0.15, -0.1) is 0 Å². The van der Waals surface area contributed by atoms with Gasteiger partial charge in [-0.05, 0) is 22.7 Å². The standard InChI is InChI=1S/C9H20S3/c1-3-5-7-9-11-12-10-8-6-4-2/h3-9H2,1-2H3. The summed E-state index contributed by atoms with van der Waals surface area (Å²) in [6.07, 6.45) is 6.82. The van der Waals surface area contributed by atoms with E-state index in [4.69, 9.17) is 0 Å². The Morgan fingerprint density at radius 1 is 0.750 bits per heavy atom. The summed E-state index contributed by atoms with van der Waals surface area (Å²) < 4.78 is 0.